The molecule has 0 atom stereocenters. The molecular weight excluding hydrogens is 244 g/mol. The molecule has 3 heteroatoms. The van der Waals surface area contributed by atoms with Crippen molar-refractivity contribution < 1.29 is 9.21 Å². The van der Waals surface area contributed by atoms with E-state index in [1.54, 1.807) is 13.0 Å². The van der Waals surface area contributed by atoms with Crippen molar-refractivity contribution >= 4 is 32.7 Å². The van der Waals surface area contributed by atoms with Crippen LogP contribution >= 0.6 is 15.9 Å². The lowest BCUT2D eigenvalue weighted by atomic mass is 10.1. The third kappa shape index (κ3) is 1.48. The molecule has 0 aliphatic rings. The molecule has 72 valence electrons. The van der Waals surface area contributed by atoms with Crippen LogP contribution in [0.3, 0.4) is 0 Å². The zero-order chi connectivity index (χ0) is 10.3. The van der Waals surface area contributed by atoms with E-state index < -0.39 is 0 Å². The van der Waals surface area contributed by atoms with Crippen LogP contribution in [0.25, 0.3) is 11.0 Å². The van der Waals surface area contributed by atoms with Gasteiger partial charge in [-0.25, -0.2) is 0 Å². The molecule has 0 bridgehead atoms. The first-order valence-corrected chi connectivity index (χ1v) is 5.08. The van der Waals surface area contributed by atoms with Crippen molar-refractivity contribution in [2.75, 3.05) is 0 Å². The summed E-state index contributed by atoms with van der Waals surface area (Å²) >= 11 is 3.37. The number of benzene rings is 1. The number of furan rings is 1. The van der Waals surface area contributed by atoms with Gasteiger partial charge >= 0.3 is 0 Å². The molecule has 0 aliphatic heterocycles. The number of carbonyl (C=O) groups excluding carboxylic acids is 1. The molecule has 0 aliphatic carbocycles. The van der Waals surface area contributed by atoms with E-state index in [0.29, 0.717) is 11.1 Å². The largest absolute Gasteiger partial charge is 0.461 e. The van der Waals surface area contributed by atoms with Crippen LogP contribution in [0.2, 0.25) is 0 Å². The fraction of sp³-hybridized carbons (Fsp3) is 0.182. The Kier molecular flexibility index (Phi) is 2.19. The Bertz CT molecular complexity index is 511. The van der Waals surface area contributed by atoms with Crippen molar-refractivity contribution in [1.29, 1.82) is 0 Å². The first kappa shape index (κ1) is 9.46. The molecule has 1 aromatic heterocycles. The number of rotatable bonds is 1. The molecule has 0 saturated heterocycles. The number of carbonyl (C=O) groups is 1. The van der Waals surface area contributed by atoms with Crippen molar-refractivity contribution in [2.45, 2.75) is 13.8 Å². The van der Waals surface area contributed by atoms with Gasteiger partial charge in [0.25, 0.3) is 0 Å². The van der Waals surface area contributed by atoms with Gasteiger partial charge in [0.1, 0.15) is 11.3 Å². The van der Waals surface area contributed by atoms with E-state index in [4.69, 9.17) is 4.42 Å². The second-order valence-electron chi connectivity index (χ2n) is 3.28. The highest BCUT2D eigenvalue weighted by Crippen LogP contribution is 2.27. The van der Waals surface area contributed by atoms with Crippen LogP contribution in [0.15, 0.2) is 27.1 Å². The van der Waals surface area contributed by atoms with E-state index in [-0.39, 0.29) is 5.78 Å². The van der Waals surface area contributed by atoms with Gasteiger partial charge < -0.3 is 4.42 Å². The van der Waals surface area contributed by atoms with Crippen LogP contribution < -0.4 is 0 Å². The molecule has 1 aromatic carbocycles. The summed E-state index contributed by atoms with van der Waals surface area (Å²) in [6.45, 7) is 3.41. The Morgan fingerprint density at radius 1 is 1.36 bits per heavy atom. The Balaban J connectivity index is 2.85. The second kappa shape index (κ2) is 3.24. The SMILES string of the molecule is CC(=O)c1cc(Br)cc2cc(C)oc12. The molecule has 2 aromatic rings. The van der Waals surface area contributed by atoms with E-state index in [1.165, 1.54) is 0 Å². The number of aryl methyl sites for hydroxylation is 1. The molecule has 0 radical (unpaired) electrons. The highest BCUT2D eigenvalue weighted by molar-refractivity contribution is 9.10. The van der Waals surface area contributed by atoms with Gasteiger partial charge in [-0.3, -0.25) is 4.79 Å². The smallest absolute Gasteiger partial charge is 0.163 e. The van der Waals surface area contributed by atoms with Gasteiger partial charge in [0.15, 0.2) is 5.78 Å². The van der Waals surface area contributed by atoms with Crippen molar-refractivity contribution in [1.82, 2.24) is 0 Å². The Morgan fingerprint density at radius 2 is 2.07 bits per heavy atom. The molecule has 0 amide bonds. The minimum atomic E-state index is 0.0191. The molecule has 14 heavy (non-hydrogen) atoms. The maximum absolute atomic E-state index is 11.3. The summed E-state index contributed by atoms with van der Waals surface area (Å²) in [4.78, 5) is 11.3. The lowest BCUT2D eigenvalue weighted by Crippen LogP contribution is -1.92. The average Bonchev–Trinajstić information content (AvgIpc) is 2.42. The van der Waals surface area contributed by atoms with E-state index in [9.17, 15) is 4.79 Å². The fourth-order valence-corrected chi connectivity index (χ4v) is 1.98. The standard InChI is InChI=1S/C11H9BrO2/c1-6-3-8-4-9(12)5-10(7(2)13)11(8)14-6/h3-5H,1-2H3. The predicted molar refractivity (Wildman–Crippen MR) is 58.7 cm³/mol. The van der Waals surface area contributed by atoms with Crippen LogP contribution in [-0.4, -0.2) is 5.78 Å². The van der Waals surface area contributed by atoms with Crippen LogP contribution in [0.4, 0.5) is 0 Å². The first-order valence-electron chi connectivity index (χ1n) is 4.28. The Hall–Kier alpha value is -1.09. The summed E-state index contributed by atoms with van der Waals surface area (Å²) in [5, 5.41) is 0.960. The predicted octanol–water partition coefficient (Wildman–Crippen LogP) is 3.71. The topological polar surface area (TPSA) is 30.2 Å². The Labute approximate surface area is 90.0 Å². The van der Waals surface area contributed by atoms with E-state index in [0.717, 1.165) is 15.6 Å². The summed E-state index contributed by atoms with van der Waals surface area (Å²) in [5.74, 6) is 0.839. The molecule has 0 spiro atoms. The molecule has 0 unspecified atom stereocenters. The summed E-state index contributed by atoms with van der Waals surface area (Å²) in [6.07, 6.45) is 0. The van der Waals surface area contributed by atoms with Crippen molar-refractivity contribution in [2.24, 2.45) is 0 Å². The average molecular weight is 253 g/mol. The number of ketones is 1. The number of Topliss-reactive ketones (excluding diaryl/α,β-unsaturated/α-hetero) is 1. The van der Waals surface area contributed by atoms with Gasteiger partial charge in [-0.05, 0) is 32.0 Å². The lowest BCUT2D eigenvalue weighted by molar-refractivity contribution is 0.101. The number of hydrogen-bond donors (Lipinski definition) is 0. The van der Waals surface area contributed by atoms with Crippen LogP contribution in [0.5, 0.6) is 0 Å². The van der Waals surface area contributed by atoms with E-state index in [1.807, 2.05) is 19.1 Å². The summed E-state index contributed by atoms with van der Waals surface area (Å²) < 4.78 is 6.37. The second-order valence-corrected chi connectivity index (χ2v) is 4.20. The van der Waals surface area contributed by atoms with Gasteiger partial charge in [-0.15, -0.1) is 0 Å². The third-order valence-electron chi connectivity index (χ3n) is 2.08. The normalized spacial score (nSPS) is 10.8. The maximum atomic E-state index is 11.3. The molecule has 1 heterocycles. The zero-order valence-electron chi connectivity index (χ0n) is 7.93. The maximum Gasteiger partial charge on any atom is 0.163 e. The number of hydrogen-bond acceptors (Lipinski definition) is 2. The highest BCUT2D eigenvalue weighted by Gasteiger charge is 2.11. The van der Waals surface area contributed by atoms with Crippen molar-refractivity contribution in [3.8, 4) is 0 Å². The monoisotopic (exact) mass is 252 g/mol. The van der Waals surface area contributed by atoms with Crippen molar-refractivity contribution in [3.05, 3.63) is 34.0 Å². The molecular formula is C11H9BrO2. The minimum Gasteiger partial charge on any atom is -0.461 e. The highest BCUT2D eigenvalue weighted by atomic mass is 79.9. The fourth-order valence-electron chi connectivity index (χ4n) is 1.51. The molecule has 0 saturated carbocycles. The van der Waals surface area contributed by atoms with E-state index >= 15 is 0 Å². The summed E-state index contributed by atoms with van der Waals surface area (Å²) in [7, 11) is 0. The van der Waals surface area contributed by atoms with Gasteiger partial charge in [-0.1, -0.05) is 15.9 Å². The molecule has 2 nitrogen and oxygen atoms in total. The van der Waals surface area contributed by atoms with Gasteiger partial charge in [-0.2, -0.15) is 0 Å². The molecule has 2 rings (SSSR count). The quantitative estimate of drug-likeness (QED) is 0.725. The van der Waals surface area contributed by atoms with E-state index in [2.05, 4.69) is 15.9 Å². The third-order valence-corrected chi connectivity index (χ3v) is 2.54. The van der Waals surface area contributed by atoms with Gasteiger partial charge in [0, 0.05) is 9.86 Å². The first-order chi connectivity index (χ1) is 6.58. The number of fused-ring (bicyclic) bond motifs is 1. The Morgan fingerprint density at radius 3 is 2.71 bits per heavy atom. The molecule has 0 N–H and O–H groups in total. The number of halogens is 1. The lowest BCUT2D eigenvalue weighted by Gasteiger charge is -1.98. The zero-order valence-corrected chi connectivity index (χ0v) is 9.51. The summed E-state index contributed by atoms with van der Waals surface area (Å²) in [5.41, 5.74) is 1.31. The summed E-state index contributed by atoms with van der Waals surface area (Å²) in [6, 6.07) is 5.65. The van der Waals surface area contributed by atoms with Gasteiger partial charge in [0.05, 0.1) is 5.56 Å². The van der Waals surface area contributed by atoms with Crippen LogP contribution in [-0.2, 0) is 0 Å². The van der Waals surface area contributed by atoms with Crippen LogP contribution in [0, 0.1) is 6.92 Å². The van der Waals surface area contributed by atoms with Gasteiger partial charge in [0.2, 0.25) is 0 Å². The molecule has 0 fully saturated rings. The minimum absolute atomic E-state index is 0.0191. The van der Waals surface area contributed by atoms with Crippen molar-refractivity contribution in [3.63, 3.8) is 0 Å². The van der Waals surface area contributed by atoms with Crippen LogP contribution in [0.1, 0.15) is 23.0 Å².